The van der Waals surface area contributed by atoms with Crippen LogP contribution in [-0.2, 0) is 19.3 Å². The maximum atomic E-state index is 10.7. The van der Waals surface area contributed by atoms with Crippen molar-refractivity contribution in [2.75, 3.05) is 0 Å². The molecule has 4 rings (SSSR count). The van der Waals surface area contributed by atoms with Gasteiger partial charge in [-0.25, -0.2) is 0 Å². The van der Waals surface area contributed by atoms with E-state index in [-0.39, 0.29) is 6.10 Å². The largest absolute Gasteiger partial charge is 0.393 e. The molecule has 0 saturated carbocycles. The van der Waals surface area contributed by atoms with Gasteiger partial charge in [-0.3, -0.25) is 0 Å². The standard InChI is InChI=1S/C20H22O/c21-20(13-18-12-16-7-3-4-8-19(16)18)17-10-9-14-5-1-2-6-15(14)11-17/h1-8,17-18,20-21H,9-13H2. The third-order valence-corrected chi connectivity index (χ3v) is 5.42. The average molecular weight is 278 g/mol. The average Bonchev–Trinajstić information content (AvgIpc) is 2.52. The fraction of sp³-hybridized carbons (Fsp3) is 0.400. The van der Waals surface area contributed by atoms with E-state index in [4.69, 9.17) is 0 Å². The van der Waals surface area contributed by atoms with Gasteiger partial charge >= 0.3 is 0 Å². The molecule has 0 bridgehead atoms. The maximum absolute atomic E-state index is 10.7. The van der Waals surface area contributed by atoms with Crippen molar-refractivity contribution in [3.8, 4) is 0 Å². The molecular weight excluding hydrogens is 256 g/mol. The highest BCUT2D eigenvalue weighted by Crippen LogP contribution is 2.40. The van der Waals surface area contributed by atoms with Crippen LogP contribution in [-0.4, -0.2) is 11.2 Å². The highest BCUT2D eigenvalue weighted by molar-refractivity contribution is 5.40. The number of rotatable bonds is 3. The normalized spacial score (nSPS) is 24.6. The SMILES string of the molecule is OC(CC1Cc2ccccc21)C1CCc2ccccc2C1. The van der Waals surface area contributed by atoms with Gasteiger partial charge in [0.1, 0.15) is 0 Å². The van der Waals surface area contributed by atoms with Crippen LogP contribution in [0, 0.1) is 5.92 Å². The summed E-state index contributed by atoms with van der Waals surface area (Å²) in [5.41, 5.74) is 5.87. The van der Waals surface area contributed by atoms with Crippen molar-refractivity contribution in [3.63, 3.8) is 0 Å². The summed E-state index contributed by atoms with van der Waals surface area (Å²) in [5, 5.41) is 10.7. The summed E-state index contributed by atoms with van der Waals surface area (Å²) >= 11 is 0. The fourth-order valence-corrected chi connectivity index (χ4v) is 4.11. The third kappa shape index (κ3) is 2.40. The Morgan fingerprint density at radius 2 is 1.62 bits per heavy atom. The fourth-order valence-electron chi connectivity index (χ4n) is 4.11. The number of aryl methyl sites for hydroxylation is 1. The summed E-state index contributed by atoms with van der Waals surface area (Å²) in [6.07, 6.45) is 5.23. The zero-order valence-electron chi connectivity index (χ0n) is 12.3. The van der Waals surface area contributed by atoms with E-state index in [2.05, 4.69) is 48.5 Å². The lowest BCUT2D eigenvalue weighted by Gasteiger charge is -2.35. The number of hydrogen-bond donors (Lipinski definition) is 1. The van der Waals surface area contributed by atoms with E-state index < -0.39 is 0 Å². The molecule has 2 aromatic carbocycles. The van der Waals surface area contributed by atoms with Gasteiger partial charge in [0, 0.05) is 0 Å². The topological polar surface area (TPSA) is 20.2 Å². The third-order valence-electron chi connectivity index (χ3n) is 5.42. The number of benzene rings is 2. The molecule has 0 saturated heterocycles. The van der Waals surface area contributed by atoms with Crippen LogP contribution in [0.2, 0.25) is 0 Å². The van der Waals surface area contributed by atoms with Crippen molar-refractivity contribution in [2.45, 2.75) is 44.1 Å². The summed E-state index contributed by atoms with van der Waals surface area (Å²) in [6, 6.07) is 17.4. The zero-order valence-corrected chi connectivity index (χ0v) is 12.3. The van der Waals surface area contributed by atoms with E-state index in [1.54, 1.807) is 0 Å². The molecule has 0 radical (unpaired) electrons. The van der Waals surface area contributed by atoms with Crippen LogP contribution in [0.1, 0.15) is 41.0 Å². The van der Waals surface area contributed by atoms with Crippen molar-refractivity contribution in [1.29, 1.82) is 0 Å². The quantitative estimate of drug-likeness (QED) is 0.903. The van der Waals surface area contributed by atoms with Gasteiger partial charge in [0.25, 0.3) is 0 Å². The lowest BCUT2D eigenvalue weighted by atomic mass is 9.71. The molecule has 2 aliphatic rings. The molecule has 3 atom stereocenters. The molecule has 0 heterocycles. The van der Waals surface area contributed by atoms with Gasteiger partial charge in [-0.1, -0.05) is 48.5 Å². The molecule has 2 aliphatic carbocycles. The molecule has 0 fully saturated rings. The maximum Gasteiger partial charge on any atom is 0.0577 e. The predicted molar refractivity (Wildman–Crippen MR) is 85.5 cm³/mol. The zero-order chi connectivity index (χ0) is 14.2. The van der Waals surface area contributed by atoms with Crippen LogP contribution in [0.3, 0.4) is 0 Å². The van der Waals surface area contributed by atoms with Crippen molar-refractivity contribution in [2.24, 2.45) is 5.92 Å². The van der Waals surface area contributed by atoms with Gasteiger partial charge < -0.3 is 5.11 Å². The van der Waals surface area contributed by atoms with Crippen molar-refractivity contribution < 1.29 is 5.11 Å². The molecule has 2 aromatic rings. The molecule has 0 spiro atoms. The lowest BCUT2D eigenvalue weighted by molar-refractivity contribution is 0.0812. The van der Waals surface area contributed by atoms with E-state index >= 15 is 0 Å². The van der Waals surface area contributed by atoms with Gasteiger partial charge in [0.15, 0.2) is 0 Å². The molecule has 0 amide bonds. The van der Waals surface area contributed by atoms with Gasteiger partial charge in [-0.2, -0.15) is 0 Å². The minimum atomic E-state index is -0.156. The first-order valence-corrected chi connectivity index (χ1v) is 8.14. The smallest absolute Gasteiger partial charge is 0.0577 e. The molecule has 0 aliphatic heterocycles. The van der Waals surface area contributed by atoms with Crippen LogP contribution >= 0.6 is 0 Å². The molecule has 0 aromatic heterocycles. The predicted octanol–water partition coefficient (Wildman–Crippen LogP) is 3.88. The van der Waals surface area contributed by atoms with E-state index in [1.807, 2.05) is 0 Å². The Morgan fingerprint density at radius 3 is 2.43 bits per heavy atom. The van der Waals surface area contributed by atoms with Gasteiger partial charge in [-0.15, -0.1) is 0 Å². The van der Waals surface area contributed by atoms with Gasteiger partial charge in [0.2, 0.25) is 0 Å². The van der Waals surface area contributed by atoms with Crippen molar-refractivity contribution in [1.82, 2.24) is 0 Å². The highest BCUT2D eigenvalue weighted by atomic mass is 16.3. The van der Waals surface area contributed by atoms with E-state index in [1.165, 1.54) is 22.3 Å². The van der Waals surface area contributed by atoms with Crippen LogP contribution in [0.5, 0.6) is 0 Å². The minimum absolute atomic E-state index is 0.156. The van der Waals surface area contributed by atoms with E-state index in [0.717, 1.165) is 32.1 Å². The molecule has 21 heavy (non-hydrogen) atoms. The van der Waals surface area contributed by atoms with Crippen LogP contribution < -0.4 is 0 Å². The number of aliphatic hydroxyl groups is 1. The first kappa shape index (κ1) is 13.1. The minimum Gasteiger partial charge on any atom is -0.393 e. The Hall–Kier alpha value is -1.60. The van der Waals surface area contributed by atoms with Crippen molar-refractivity contribution >= 4 is 0 Å². The summed E-state index contributed by atoms with van der Waals surface area (Å²) < 4.78 is 0. The number of fused-ring (bicyclic) bond motifs is 2. The summed E-state index contributed by atoms with van der Waals surface area (Å²) in [7, 11) is 0. The van der Waals surface area contributed by atoms with E-state index in [9.17, 15) is 5.11 Å². The highest BCUT2D eigenvalue weighted by Gasteiger charge is 2.31. The Balaban J connectivity index is 1.42. The monoisotopic (exact) mass is 278 g/mol. The molecule has 1 heteroatoms. The molecule has 3 unspecified atom stereocenters. The Kier molecular flexibility index (Phi) is 3.31. The Morgan fingerprint density at radius 1 is 0.905 bits per heavy atom. The molecule has 1 N–H and O–H groups in total. The molecule has 1 nitrogen and oxygen atoms in total. The second-order valence-corrected chi connectivity index (χ2v) is 6.67. The van der Waals surface area contributed by atoms with Gasteiger partial charge in [0.05, 0.1) is 6.10 Å². The molecule has 108 valence electrons. The summed E-state index contributed by atoms with van der Waals surface area (Å²) in [6.45, 7) is 0. The van der Waals surface area contributed by atoms with Crippen LogP contribution in [0.25, 0.3) is 0 Å². The second kappa shape index (κ2) is 5.31. The van der Waals surface area contributed by atoms with Crippen LogP contribution in [0.4, 0.5) is 0 Å². The lowest BCUT2D eigenvalue weighted by Crippen LogP contribution is -2.31. The van der Waals surface area contributed by atoms with Gasteiger partial charge in [-0.05, 0) is 66.2 Å². The second-order valence-electron chi connectivity index (χ2n) is 6.67. The number of hydrogen-bond acceptors (Lipinski definition) is 1. The van der Waals surface area contributed by atoms with E-state index in [0.29, 0.717) is 11.8 Å². The Labute approximate surface area is 126 Å². The molecular formula is C20H22O. The summed E-state index contributed by atoms with van der Waals surface area (Å²) in [4.78, 5) is 0. The Bertz CT molecular complexity index is 646. The number of aliphatic hydroxyl groups excluding tert-OH is 1. The first-order valence-electron chi connectivity index (χ1n) is 8.14. The summed E-state index contributed by atoms with van der Waals surface area (Å²) in [5.74, 6) is 1.01. The van der Waals surface area contributed by atoms with Crippen molar-refractivity contribution in [3.05, 3.63) is 70.8 Å². The van der Waals surface area contributed by atoms with Crippen LogP contribution in [0.15, 0.2) is 48.5 Å². The first-order chi connectivity index (χ1) is 10.3.